The van der Waals surface area contributed by atoms with E-state index in [2.05, 4.69) is 20.6 Å². The van der Waals surface area contributed by atoms with Gasteiger partial charge in [0.05, 0.1) is 11.4 Å². The Morgan fingerprint density at radius 3 is 2.37 bits per heavy atom. The van der Waals surface area contributed by atoms with E-state index in [1.807, 2.05) is 0 Å². The number of nitrogens with two attached hydrogens (primary N) is 1. The van der Waals surface area contributed by atoms with Crippen LogP contribution in [0.4, 0.5) is 31.7 Å². The van der Waals surface area contributed by atoms with Crippen molar-refractivity contribution in [2.24, 2.45) is 0 Å². The largest absolute Gasteiger partial charge is 0.399 e. The van der Waals surface area contributed by atoms with E-state index in [1.165, 1.54) is 12.1 Å². The van der Waals surface area contributed by atoms with E-state index >= 15 is 0 Å². The third-order valence-electron chi connectivity index (χ3n) is 3.51. The number of halogens is 3. The van der Waals surface area contributed by atoms with Crippen molar-refractivity contribution >= 4 is 40.4 Å². The number of rotatable bonds is 5. The zero-order chi connectivity index (χ0) is 19.4. The van der Waals surface area contributed by atoms with Crippen molar-refractivity contribution in [1.29, 1.82) is 0 Å². The maximum atomic E-state index is 12.5. The van der Waals surface area contributed by atoms with Gasteiger partial charge in [0.15, 0.2) is 5.82 Å². The van der Waals surface area contributed by atoms with Crippen LogP contribution in [0.5, 0.6) is 0 Å². The molecule has 2 aromatic carbocycles. The fourth-order valence-electron chi connectivity index (χ4n) is 2.27. The minimum Gasteiger partial charge on any atom is -0.399 e. The Bertz CT molecular complexity index is 966. The van der Waals surface area contributed by atoms with Crippen LogP contribution < -0.4 is 16.4 Å². The number of nitrogens with one attached hydrogen (secondary N) is 2. The van der Waals surface area contributed by atoms with E-state index in [4.69, 9.17) is 17.3 Å². The summed E-state index contributed by atoms with van der Waals surface area (Å²) in [6.07, 6.45) is -3.12. The van der Waals surface area contributed by atoms with Gasteiger partial charge in [-0.2, -0.15) is 8.78 Å². The molecule has 0 aliphatic heterocycles. The van der Waals surface area contributed by atoms with Gasteiger partial charge >= 0.3 is 6.43 Å². The quantitative estimate of drug-likeness (QED) is 0.446. The first-order valence-corrected chi connectivity index (χ1v) is 8.16. The molecule has 0 radical (unpaired) electrons. The predicted molar refractivity (Wildman–Crippen MR) is 101 cm³/mol. The number of carbonyl (C=O) groups excluding carboxylic acids is 1. The molecule has 138 valence electrons. The van der Waals surface area contributed by atoms with Gasteiger partial charge in [-0.3, -0.25) is 4.79 Å². The number of nitrogen functional groups attached to an aromatic ring is 1. The molecule has 1 amide bonds. The van der Waals surface area contributed by atoms with E-state index in [0.29, 0.717) is 28.6 Å². The molecule has 0 aliphatic carbocycles. The second kappa shape index (κ2) is 7.96. The fourth-order valence-corrected chi connectivity index (χ4v) is 2.45. The van der Waals surface area contributed by atoms with Gasteiger partial charge in [-0.15, -0.1) is 0 Å². The maximum absolute atomic E-state index is 12.5. The molecule has 0 spiro atoms. The topological polar surface area (TPSA) is 92.9 Å². The highest BCUT2D eigenvalue weighted by Crippen LogP contribution is 2.27. The highest BCUT2D eigenvalue weighted by molar-refractivity contribution is 6.29. The lowest BCUT2D eigenvalue weighted by Crippen LogP contribution is -2.20. The van der Waals surface area contributed by atoms with Crippen LogP contribution in [-0.2, 0) is 4.79 Å². The van der Waals surface area contributed by atoms with Crippen molar-refractivity contribution in [1.82, 2.24) is 9.97 Å². The average molecular weight is 390 g/mol. The summed E-state index contributed by atoms with van der Waals surface area (Å²) in [4.78, 5) is 19.8. The molecule has 1 aromatic heterocycles. The highest BCUT2D eigenvalue weighted by atomic mass is 35.5. The summed E-state index contributed by atoms with van der Waals surface area (Å²) in [5.41, 5.74) is 7.55. The molecule has 0 saturated carbocycles. The van der Waals surface area contributed by atoms with Crippen LogP contribution in [0.2, 0.25) is 5.15 Å². The summed E-state index contributed by atoms with van der Waals surface area (Å²) < 4.78 is 25.0. The Balaban J connectivity index is 1.90. The summed E-state index contributed by atoms with van der Waals surface area (Å²) in [5, 5.41) is 5.30. The Morgan fingerprint density at radius 1 is 1.04 bits per heavy atom. The number of para-hydroxylation sites is 2. The van der Waals surface area contributed by atoms with Crippen molar-refractivity contribution in [3.05, 3.63) is 59.8 Å². The number of nitrogens with zero attached hydrogens (tertiary/aromatic N) is 2. The number of amides is 1. The first-order chi connectivity index (χ1) is 12.9. The average Bonchev–Trinajstić information content (AvgIpc) is 2.63. The lowest BCUT2D eigenvalue weighted by Gasteiger charge is -2.13. The summed E-state index contributed by atoms with van der Waals surface area (Å²) >= 11 is 6.08. The van der Waals surface area contributed by atoms with E-state index < -0.39 is 12.3 Å². The number of anilines is 4. The zero-order valence-corrected chi connectivity index (χ0v) is 14.5. The van der Waals surface area contributed by atoms with Gasteiger partial charge in [0.25, 0.3) is 5.91 Å². The molecule has 6 nitrogen and oxygen atoms in total. The van der Waals surface area contributed by atoms with Crippen molar-refractivity contribution < 1.29 is 13.6 Å². The molecule has 27 heavy (non-hydrogen) atoms. The van der Waals surface area contributed by atoms with Gasteiger partial charge < -0.3 is 16.4 Å². The van der Waals surface area contributed by atoms with Gasteiger partial charge in [-0.1, -0.05) is 23.7 Å². The standard InChI is InChI=1S/C18H14ClF2N5O/c19-14-9-15(26-17(25-14)10-5-7-11(22)8-6-10)23-12-3-1-2-4-13(12)24-18(27)16(20)21/h1-9,16H,22H2,(H,24,27)(H,23,25,26). The monoisotopic (exact) mass is 389 g/mol. The van der Waals surface area contributed by atoms with Crippen LogP contribution in [0.3, 0.4) is 0 Å². The van der Waals surface area contributed by atoms with Crippen molar-refractivity contribution in [3.63, 3.8) is 0 Å². The van der Waals surface area contributed by atoms with Gasteiger partial charge in [0.1, 0.15) is 11.0 Å². The van der Waals surface area contributed by atoms with E-state index in [-0.39, 0.29) is 10.8 Å². The van der Waals surface area contributed by atoms with Crippen LogP contribution >= 0.6 is 11.6 Å². The maximum Gasteiger partial charge on any atom is 0.315 e. The smallest absolute Gasteiger partial charge is 0.315 e. The minimum absolute atomic E-state index is 0.187. The molecule has 0 atom stereocenters. The molecule has 0 bridgehead atoms. The first-order valence-electron chi connectivity index (χ1n) is 7.78. The molecule has 1 heterocycles. The number of hydrogen-bond acceptors (Lipinski definition) is 5. The second-order valence-electron chi connectivity index (χ2n) is 5.48. The van der Waals surface area contributed by atoms with Crippen LogP contribution in [-0.4, -0.2) is 22.3 Å². The SMILES string of the molecule is Nc1ccc(-c2nc(Cl)cc(Nc3ccccc3NC(=O)C(F)F)n2)cc1. The van der Waals surface area contributed by atoms with E-state index in [9.17, 15) is 13.6 Å². The molecular formula is C18H14ClF2N5O. The van der Waals surface area contributed by atoms with Crippen molar-refractivity contribution in [3.8, 4) is 11.4 Å². The lowest BCUT2D eigenvalue weighted by atomic mass is 10.2. The first kappa shape index (κ1) is 18.5. The normalized spacial score (nSPS) is 10.7. The van der Waals surface area contributed by atoms with E-state index in [0.717, 1.165) is 0 Å². The molecule has 3 aromatic rings. The molecule has 0 saturated heterocycles. The number of benzene rings is 2. The summed E-state index contributed by atoms with van der Waals surface area (Å²) in [5.74, 6) is -0.702. The number of aromatic nitrogens is 2. The molecule has 0 aliphatic rings. The summed E-state index contributed by atoms with van der Waals surface area (Å²) in [6, 6.07) is 14.8. The minimum atomic E-state index is -3.12. The Labute approximate surface area is 158 Å². The van der Waals surface area contributed by atoms with Crippen LogP contribution in [0, 0.1) is 0 Å². The molecular weight excluding hydrogens is 376 g/mol. The van der Waals surface area contributed by atoms with Crippen molar-refractivity contribution in [2.75, 3.05) is 16.4 Å². The molecule has 4 N–H and O–H groups in total. The molecule has 9 heteroatoms. The summed E-state index contributed by atoms with van der Waals surface area (Å²) in [7, 11) is 0. The highest BCUT2D eigenvalue weighted by Gasteiger charge is 2.17. The van der Waals surface area contributed by atoms with Crippen LogP contribution in [0.25, 0.3) is 11.4 Å². The number of hydrogen-bond donors (Lipinski definition) is 3. The fraction of sp³-hybridized carbons (Fsp3) is 0.0556. The van der Waals surface area contributed by atoms with Gasteiger partial charge in [-0.25, -0.2) is 9.97 Å². The molecule has 0 unspecified atom stereocenters. The lowest BCUT2D eigenvalue weighted by molar-refractivity contribution is -0.126. The third-order valence-corrected chi connectivity index (χ3v) is 3.70. The Hall–Kier alpha value is -3.26. The Morgan fingerprint density at radius 2 is 1.70 bits per heavy atom. The van der Waals surface area contributed by atoms with Gasteiger partial charge in [0.2, 0.25) is 0 Å². The van der Waals surface area contributed by atoms with Gasteiger partial charge in [0, 0.05) is 17.3 Å². The third kappa shape index (κ3) is 4.68. The van der Waals surface area contributed by atoms with Gasteiger partial charge in [-0.05, 0) is 36.4 Å². The molecule has 3 rings (SSSR count). The van der Waals surface area contributed by atoms with Crippen LogP contribution in [0.15, 0.2) is 54.6 Å². The molecule has 0 fully saturated rings. The number of alkyl halides is 2. The predicted octanol–water partition coefficient (Wildman–Crippen LogP) is 4.33. The van der Waals surface area contributed by atoms with Crippen LogP contribution in [0.1, 0.15) is 0 Å². The second-order valence-corrected chi connectivity index (χ2v) is 5.87. The zero-order valence-electron chi connectivity index (χ0n) is 13.8. The summed E-state index contributed by atoms with van der Waals surface area (Å²) in [6.45, 7) is 0. The Kier molecular flexibility index (Phi) is 5.46. The van der Waals surface area contributed by atoms with E-state index in [1.54, 1.807) is 42.5 Å². The number of carbonyl (C=O) groups is 1. The van der Waals surface area contributed by atoms with Crippen molar-refractivity contribution in [2.45, 2.75) is 6.43 Å².